The van der Waals surface area contributed by atoms with Gasteiger partial charge in [0.25, 0.3) is 0 Å². The Balaban J connectivity index is 1.95. The molecule has 0 unspecified atom stereocenters. The molecule has 0 atom stereocenters. The Morgan fingerprint density at radius 3 is 2.62 bits per heavy atom. The summed E-state index contributed by atoms with van der Waals surface area (Å²) in [7, 11) is 0. The van der Waals surface area contributed by atoms with Crippen molar-refractivity contribution in [2.45, 2.75) is 0 Å². The molecule has 16 heavy (non-hydrogen) atoms. The van der Waals surface area contributed by atoms with E-state index in [2.05, 4.69) is 16.5 Å². The van der Waals surface area contributed by atoms with E-state index < -0.39 is 0 Å². The molecule has 0 aliphatic rings. The minimum Gasteiger partial charge on any atom is -0.422 e. The van der Waals surface area contributed by atoms with Gasteiger partial charge in [0.05, 0.1) is 5.13 Å². The molecule has 0 radical (unpaired) electrons. The standard InChI is InChI=1S/C12H9N3S/c1-4-8-15(9-5-1)14-12-13-10-6-2-3-7-11(10)16-12/h1-9H. The summed E-state index contributed by atoms with van der Waals surface area (Å²) in [6.07, 6.45) is 3.79. The molecule has 0 fully saturated rings. The lowest BCUT2D eigenvalue weighted by atomic mass is 10.3. The van der Waals surface area contributed by atoms with Gasteiger partial charge in [-0.3, -0.25) is 0 Å². The van der Waals surface area contributed by atoms with Crippen LogP contribution in [0, 0.1) is 0 Å². The largest absolute Gasteiger partial charge is 0.422 e. The second-order valence-electron chi connectivity index (χ2n) is 3.32. The first-order valence-corrected chi connectivity index (χ1v) is 5.77. The number of hydrogen-bond donors (Lipinski definition) is 0. The lowest BCUT2D eigenvalue weighted by molar-refractivity contribution is -0.619. The summed E-state index contributed by atoms with van der Waals surface area (Å²) in [6.45, 7) is 0. The molecule has 0 aliphatic carbocycles. The lowest BCUT2D eigenvalue weighted by Crippen LogP contribution is -2.25. The van der Waals surface area contributed by atoms with E-state index in [1.54, 1.807) is 16.0 Å². The maximum atomic E-state index is 4.44. The van der Waals surface area contributed by atoms with Gasteiger partial charge < -0.3 is 4.98 Å². The fraction of sp³-hybridized carbons (Fsp3) is 0. The summed E-state index contributed by atoms with van der Waals surface area (Å²) >= 11 is 1.59. The van der Waals surface area contributed by atoms with E-state index in [-0.39, 0.29) is 0 Å². The zero-order chi connectivity index (χ0) is 10.8. The van der Waals surface area contributed by atoms with Crippen molar-refractivity contribution in [2.24, 2.45) is 0 Å². The van der Waals surface area contributed by atoms with Crippen LogP contribution in [-0.4, -0.2) is 4.98 Å². The van der Waals surface area contributed by atoms with E-state index in [0.29, 0.717) is 0 Å². The Labute approximate surface area is 97.0 Å². The highest BCUT2D eigenvalue weighted by molar-refractivity contribution is 7.22. The summed E-state index contributed by atoms with van der Waals surface area (Å²) in [5.74, 6) is 0. The molecular formula is C12H9N3S. The van der Waals surface area contributed by atoms with Crippen LogP contribution in [0.4, 0.5) is 5.13 Å². The molecule has 3 rings (SSSR count). The van der Waals surface area contributed by atoms with Crippen LogP contribution in [-0.2, 0) is 0 Å². The Morgan fingerprint density at radius 1 is 1.00 bits per heavy atom. The van der Waals surface area contributed by atoms with Gasteiger partial charge in [-0.15, -0.1) is 16.0 Å². The minimum atomic E-state index is 0.775. The summed E-state index contributed by atoms with van der Waals surface area (Å²) in [6, 6.07) is 13.9. The maximum Gasteiger partial charge on any atom is 0.182 e. The van der Waals surface area contributed by atoms with E-state index in [9.17, 15) is 0 Å². The highest BCUT2D eigenvalue weighted by atomic mass is 32.1. The van der Waals surface area contributed by atoms with Gasteiger partial charge in [-0.05, 0) is 11.6 Å². The van der Waals surface area contributed by atoms with Gasteiger partial charge in [-0.2, -0.15) is 5.43 Å². The van der Waals surface area contributed by atoms with Crippen LogP contribution in [0.15, 0.2) is 54.9 Å². The number of benzene rings is 1. The molecule has 0 saturated heterocycles. The topological polar surface area (TPSA) is 30.9 Å². The smallest absolute Gasteiger partial charge is 0.182 e. The average Bonchev–Trinajstić information content (AvgIpc) is 2.72. The van der Waals surface area contributed by atoms with Gasteiger partial charge in [-0.1, -0.05) is 24.3 Å². The number of pyridine rings is 1. The van der Waals surface area contributed by atoms with Gasteiger partial charge in [-0.25, -0.2) is 0 Å². The third-order valence-electron chi connectivity index (χ3n) is 2.18. The first kappa shape index (κ1) is 9.30. The lowest BCUT2D eigenvalue weighted by Gasteiger charge is -2.01. The van der Waals surface area contributed by atoms with Crippen LogP contribution < -0.4 is 4.68 Å². The molecule has 2 aromatic heterocycles. The molecule has 2 heterocycles. The predicted molar refractivity (Wildman–Crippen MR) is 64.7 cm³/mol. The number of rotatable bonds is 2. The molecule has 0 amide bonds. The van der Waals surface area contributed by atoms with Crippen LogP contribution in [0.2, 0.25) is 0 Å². The Hall–Kier alpha value is -1.94. The zero-order valence-electron chi connectivity index (χ0n) is 8.45. The SMILES string of the molecule is c1cc[n+]([N-]c2nc3ccccc3s2)cc1. The van der Waals surface area contributed by atoms with Crippen LogP contribution in [0.25, 0.3) is 15.6 Å². The second kappa shape index (κ2) is 3.90. The number of fused-ring (bicyclic) bond motifs is 1. The van der Waals surface area contributed by atoms with Crippen molar-refractivity contribution in [1.82, 2.24) is 4.98 Å². The van der Waals surface area contributed by atoms with Crippen molar-refractivity contribution in [3.05, 3.63) is 60.3 Å². The van der Waals surface area contributed by atoms with E-state index in [0.717, 1.165) is 15.3 Å². The van der Waals surface area contributed by atoms with Crippen molar-refractivity contribution >= 4 is 26.7 Å². The number of aromatic nitrogens is 2. The maximum absolute atomic E-state index is 4.44. The quantitative estimate of drug-likeness (QED) is 0.619. The van der Waals surface area contributed by atoms with Crippen molar-refractivity contribution in [2.75, 3.05) is 0 Å². The average molecular weight is 227 g/mol. The van der Waals surface area contributed by atoms with Crippen molar-refractivity contribution in [1.29, 1.82) is 0 Å². The van der Waals surface area contributed by atoms with Gasteiger partial charge in [0.2, 0.25) is 0 Å². The summed E-state index contributed by atoms with van der Waals surface area (Å²) in [5, 5.41) is 0.775. The first-order valence-electron chi connectivity index (χ1n) is 4.96. The summed E-state index contributed by atoms with van der Waals surface area (Å²) in [5.41, 5.74) is 5.40. The predicted octanol–water partition coefficient (Wildman–Crippen LogP) is 3.05. The Kier molecular flexibility index (Phi) is 2.27. The number of nitrogens with zero attached hydrogens (tertiary/aromatic N) is 3. The monoisotopic (exact) mass is 227 g/mol. The molecule has 4 heteroatoms. The normalized spacial score (nSPS) is 10.5. The highest BCUT2D eigenvalue weighted by Gasteiger charge is 1.97. The Morgan fingerprint density at radius 2 is 1.81 bits per heavy atom. The molecule has 3 aromatic rings. The van der Waals surface area contributed by atoms with Crippen LogP contribution in [0.3, 0.4) is 0 Å². The highest BCUT2D eigenvalue weighted by Crippen LogP contribution is 2.28. The van der Waals surface area contributed by atoms with Crippen molar-refractivity contribution in [3.8, 4) is 0 Å². The fourth-order valence-electron chi connectivity index (χ4n) is 1.46. The second-order valence-corrected chi connectivity index (χ2v) is 4.33. The Bertz CT molecular complexity index is 571. The van der Waals surface area contributed by atoms with E-state index >= 15 is 0 Å². The number of thiazole rings is 1. The summed E-state index contributed by atoms with van der Waals surface area (Å²) < 4.78 is 2.93. The molecule has 3 nitrogen and oxygen atoms in total. The van der Waals surface area contributed by atoms with Crippen LogP contribution in [0.5, 0.6) is 0 Å². The molecule has 1 aromatic carbocycles. The van der Waals surface area contributed by atoms with Gasteiger partial charge >= 0.3 is 0 Å². The molecule has 0 saturated carbocycles. The molecule has 0 spiro atoms. The molecule has 0 N–H and O–H groups in total. The third kappa shape index (κ3) is 1.75. The van der Waals surface area contributed by atoms with Gasteiger partial charge in [0, 0.05) is 16.8 Å². The van der Waals surface area contributed by atoms with Crippen LogP contribution in [0.1, 0.15) is 0 Å². The number of hydrogen-bond acceptors (Lipinski definition) is 2. The van der Waals surface area contributed by atoms with Crippen LogP contribution >= 0.6 is 11.3 Å². The zero-order valence-corrected chi connectivity index (χ0v) is 9.26. The minimum absolute atomic E-state index is 0.775. The molecule has 0 aliphatic heterocycles. The third-order valence-corrected chi connectivity index (χ3v) is 3.10. The molecule has 0 bridgehead atoms. The summed E-state index contributed by atoms with van der Waals surface area (Å²) in [4.78, 5) is 4.44. The molecule has 78 valence electrons. The van der Waals surface area contributed by atoms with Crippen molar-refractivity contribution in [3.63, 3.8) is 0 Å². The number of para-hydroxylation sites is 1. The van der Waals surface area contributed by atoms with Gasteiger partial charge in [0.1, 0.15) is 0 Å². The molecular weight excluding hydrogens is 218 g/mol. The van der Waals surface area contributed by atoms with Crippen molar-refractivity contribution < 1.29 is 4.68 Å². The van der Waals surface area contributed by atoms with E-state index in [1.165, 1.54) is 0 Å². The van der Waals surface area contributed by atoms with E-state index in [1.807, 2.05) is 48.8 Å². The fourth-order valence-corrected chi connectivity index (χ4v) is 2.30. The first-order chi connectivity index (χ1) is 7.92. The van der Waals surface area contributed by atoms with Gasteiger partial charge in [0.15, 0.2) is 12.4 Å². The van der Waals surface area contributed by atoms with E-state index in [4.69, 9.17) is 0 Å².